The van der Waals surface area contributed by atoms with Crippen LogP contribution < -0.4 is 5.73 Å². The Kier molecular flexibility index (Phi) is 3.20. The number of nitro groups is 1. The minimum Gasteiger partial charge on any atom is -0.326 e. The average molecular weight is 221 g/mol. The lowest BCUT2D eigenvalue weighted by Gasteiger charge is -2.06. The zero-order chi connectivity index (χ0) is 11.6. The summed E-state index contributed by atoms with van der Waals surface area (Å²) in [6, 6.07) is 0. The molecule has 1 aromatic heterocycles. The summed E-state index contributed by atoms with van der Waals surface area (Å²) in [5.74, 6) is -1.35. The van der Waals surface area contributed by atoms with Crippen molar-refractivity contribution in [3.63, 3.8) is 0 Å². The number of hydrogen-bond donors (Lipinski definition) is 1. The number of rotatable bonds is 3. The van der Waals surface area contributed by atoms with Gasteiger partial charge in [-0.1, -0.05) is 0 Å². The monoisotopic (exact) mass is 221 g/mol. The number of hydrogen-bond acceptors (Lipinski definition) is 4. The van der Waals surface area contributed by atoms with Crippen molar-refractivity contribution in [2.75, 3.05) is 0 Å². The molecule has 2 N–H and O–H groups in total. The van der Waals surface area contributed by atoms with E-state index in [1.54, 1.807) is 0 Å². The lowest BCUT2D eigenvalue weighted by Crippen LogP contribution is -2.09. The van der Waals surface area contributed by atoms with E-state index in [0.29, 0.717) is 6.20 Å². The van der Waals surface area contributed by atoms with Crippen molar-refractivity contribution in [3.05, 3.63) is 33.4 Å². The Morgan fingerprint density at radius 2 is 2.20 bits per heavy atom. The average Bonchev–Trinajstić information content (AvgIpc) is 2.16. The summed E-state index contributed by atoms with van der Waals surface area (Å²) in [5.41, 5.74) is 2.58. The first-order valence-corrected chi connectivity index (χ1v) is 3.79. The first-order chi connectivity index (χ1) is 6.99. The van der Waals surface area contributed by atoms with Gasteiger partial charge in [0.15, 0.2) is 0 Å². The third-order valence-corrected chi connectivity index (χ3v) is 1.73. The molecule has 0 amide bonds. The molecule has 0 aliphatic carbocycles. The highest BCUT2D eigenvalue weighted by Gasteiger charge is 2.25. The Hall–Kier alpha value is -1.70. The molecule has 1 heterocycles. The predicted molar refractivity (Wildman–Crippen MR) is 43.7 cm³/mol. The molecule has 8 heteroatoms. The van der Waals surface area contributed by atoms with Crippen LogP contribution in [0.2, 0.25) is 0 Å². The minimum atomic E-state index is -3.01. The van der Waals surface area contributed by atoms with Gasteiger partial charge in [0.25, 0.3) is 6.43 Å². The van der Waals surface area contributed by atoms with Gasteiger partial charge in [-0.2, -0.15) is 4.39 Å². The number of pyridine rings is 1. The second kappa shape index (κ2) is 4.22. The summed E-state index contributed by atoms with van der Waals surface area (Å²) in [4.78, 5) is 12.3. The third-order valence-electron chi connectivity index (χ3n) is 1.73. The molecular weight excluding hydrogens is 215 g/mol. The van der Waals surface area contributed by atoms with E-state index in [4.69, 9.17) is 5.73 Å². The van der Waals surface area contributed by atoms with Gasteiger partial charge in [-0.3, -0.25) is 10.1 Å². The van der Waals surface area contributed by atoms with Crippen molar-refractivity contribution >= 4 is 5.69 Å². The molecule has 0 radical (unpaired) electrons. The van der Waals surface area contributed by atoms with E-state index in [1.165, 1.54) is 0 Å². The molecule has 0 unspecified atom stereocenters. The topological polar surface area (TPSA) is 82.0 Å². The fraction of sp³-hybridized carbons (Fsp3) is 0.286. The largest absolute Gasteiger partial charge is 0.326 e. The molecular formula is C7H6F3N3O2. The van der Waals surface area contributed by atoms with Gasteiger partial charge >= 0.3 is 5.69 Å². The van der Waals surface area contributed by atoms with Crippen molar-refractivity contribution in [1.29, 1.82) is 0 Å². The van der Waals surface area contributed by atoms with Crippen LogP contribution in [-0.4, -0.2) is 9.91 Å². The van der Waals surface area contributed by atoms with Crippen LogP contribution >= 0.6 is 0 Å². The summed E-state index contributed by atoms with van der Waals surface area (Å²) in [6.45, 7) is -0.569. The van der Waals surface area contributed by atoms with Crippen molar-refractivity contribution < 1.29 is 18.1 Å². The van der Waals surface area contributed by atoms with E-state index in [9.17, 15) is 23.3 Å². The SMILES string of the molecule is NCc1c(C(F)F)ncc([N+](=O)[O-])c1F. The standard InChI is InChI=1S/C7H6F3N3O2/c8-5-3(1-11)6(7(9)10)12-2-4(5)13(14)15/h2,7H,1,11H2. The minimum absolute atomic E-state index is 0.454. The summed E-state index contributed by atoms with van der Waals surface area (Å²) in [5, 5.41) is 10.3. The van der Waals surface area contributed by atoms with E-state index in [1.807, 2.05) is 0 Å². The van der Waals surface area contributed by atoms with Gasteiger partial charge in [0.2, 0.25) is 5.82 Å². The first-order valence-electron chi connectivity index (χ1n) is 3.79. The molecule has 0 spiro atoms. The molecule has 1 rings (SSSR count). The quantitative estimate of drug-likeness (QED) is 0.619. The fourth-order valence-electron chi connectivity index (χ4n) is 1.04. The maximum Gasteiger partial charge on any atom is 0.323 e. The fourth-order valence-corrected chi connectivity index (χ4v) is 1.04. The summed E-state index contributed by atoms with van der Waals surface area (Å²) >= 11 is 0. The van der Waals surface area contributed by atoms with Gasteiger partial charge in [-0.25, -0.2) is 13.8 Å². The normalized spacial score (nSPS) is 10.7. The maximum atomic E-state index is 13.2. The van der Waals surface area contributed by atoms with Gasteiger partial charge in [0.1, 0.15) is 11.9 Å². The second-order valence-corrected chi connectivity index (χ2v) is 2.58. The van der Waals surface area contributed by atoms with Gasteiger partial charge in [-0.05, 0) is 0 Å². The highest BCUT2D eigenvalue weighted by Crippen LogP contribution is 2.27. The predicted octanol–water partition coefficient (Wildman–Crippen LogP) is 1.53. The Morgan fingerprint density at radius 1 is 1.60 bits per heavy atom. The molecule has 0 bridgehead atoms. The molecule has 0 aromatic carbocycles. The molecule has 0 fully saturated rings. The van der Waals surface area contributed by atoms with Crippen molar-refractivity contribution in [1.82, 2.24) is 4.98 Å². The van der Waals surface area contributed by atoms with Crippen LogP contribution in [0.4, 0.5) is 18.9 Å². The smallest absolute Gasteiger partial charge is 0.323 e. The number of nitrogens with two attached hydrogens (primary N) is 1. The molecule has 5 nitrogen and oxygen atoms in total. The van der Waals surface area contributed by atoms with E-state index < -0.39 is 40.7 Å². The van der Waals surface area contributed by atoms with Gasteiger partial charge in [-0.15, -0.1) is 0 Å². The zero-order valence-electron chi connectivity index (χ0n) is 7.28. The van der Waals surface area contributed by atoms with E-state index in [-0.39, 0.29) is 0 Å². The molecule has 15 heavy (non-hydrogen) atoms. The molecule has 0 aliphatic heterocycles. The van der Waals surface area contributed by atoms with Crippen LogP contribution in [0.15, 0.2) is 6.20 Å². The van der Waals surface area contributed by atoms with Crippen molar-refractivity contribution in [2.45, 2.75) is 13.0 Å². The Bertz CT molecular complexity index is 397. The second-order valence-electron chi connectivity index (χ2n) is 2.58. The number of nitrogens with zero attached hydrogens (tertiary/aromatic N) is 2. The number of aromatic nitrogens is 1. The molecule has 0 aliphatic rings. The molecule has 0 saturated carbocycles. The Morgan fingerprint density at radius 3 is 2.60 bits per heavy atom. The first kappa shape index (κ1) is 11.4. The molecule has 0 saturated heterocycles. The Labute approximate surface area is 81.9 Å². The van der Waals surface area contributed by atoms with Gasteiger partial charge < -0.3 is 5.73 Å². The number of alkyl halides is 2. The van der Waals surface area contributed by atoms with Crippen LogP contribution in [0.5, 0.6) is 0 Å². The molecule has 0 atom stereocenters. The molecule has 1 aromatic rings. The zero-order valence-corrected chi connectivity index (χ0v) is 7.28. The van der Waals surface area contributed by atoms with E-state index >= 15 is 0 Å². The Balaban J connectivity index is 3.39. The van der Waals surface area contributed by atoms with Crippen LogP contribution in [-0.2, 0) is 6.54 Å². The molecule has 82 valence electrons. The van der Waals surface area contributed by atoms with Crippen LogP contribution in [0, 0.1) is 15.9 Å². The third kappa shape index (κ3) is 2.04. The lowest BCUT2D eigenvalue weighted by atomic mass is 10.1. The summed E-state index contributed by atoms with van der Waals surface area (Å²) < 4.78 is 37.8. The van der Waals surface area contributed by atoms with Crippen LogP contribution in [0.1, 0.15) is 17.7 Å². The van der Waals surface area contributed by atoms with Gasteiger partial charge in [0, 0.05) is 12.1 Å². The van der Waals surface area contributed by atoms with E-state index in [0.717, 1.165) is 0 Å². The van der Waals surface area contributed by atoms with Gasteiger partial charge in [0.05, 0.1) is 4.92 Å². The lowest BCUT2D eigenvalue weighted by molar-refractivity contribution is -0.388. The maximum absolute atomic E-state index is 13.2. The van der Waals surface area contributed by atoms with Crippen LogP contribution in [0.25, 0.3) is 0 Å². The van der Waals surface area contributed by atoms with Crippen LogP contribution in [0.3, 0.4) is 0 Å². The highest BCUT2D eigenvalue weighted by molar-refractivity contribution is 5.37. The number of halogens is 3. The van der Waals surface area contributed by atoms with Crippen molar-refractivity contribution in [2.24, 2.45) is 5.73 Å². The summed E-state index contributed by atoms with van der Waals surface area (Å²) in [7, 11) is 0. The van der Waals surface area contributed by atoms with Crippen molar-refractivity contribution in [3.8, 4) is 0 Å². The highest BCUT2D eigenvalue weighted by atomic mass is 19.3. The van der Waals surface area contributed by atoms with E-state index in [2.05, 4.69) is 4.98 Å². The summed E-state index contributed by atoms with van der Waals surface area (Å²) in [6.07, 6.45) is -2.56.